The van der Waals surface area contributed by atoms with Crippen LogP contribution in [-0.4, -0.2) is 20.1 Å². The second-order valence-electron chi connectivity index (χ2n) is 3.86. The highest BCUT2D eigenvalue weighted by Gasteiger charge is 2.05. The highest BCUT2D eigenvalue weighted by Crippen LogP contribution is 2.21. The Morgan fingerprint density at radius 1 is 1.27 bits per heavy atom. The van der Waals surface area contributed by atoms with E-state index in [1.165, 1.54) is 16.8 Å². The van der Waals surface area contributed by atoms with Crippen molar-refractivity contribution in [2.75, 3.05) is 25.0 Å². The molecule has 0 atom stereocenters. The van der Waals surface area contributed by atoms with Gasteiger partial charge >= 0.3 is 0 Å². The third kappa shape index (κ3) is 2.96. The first-order valence-corrected chi connectivity index (χ1v) is 5.71. The molecule has 0 aliphatic rings. The van der Waals surface area contributed by atoms with Gasteiger partial charge in [-0.25, -0.2) is 0 Å². The van der Waals surface area contributed by atoms with Gasteiger partial charge in [0.2, 0.25) is 0 Å². The topological polar surface area (TPSA) is 15.3 Å². The van der Waals surface area contributed by atoms with Gasteiger partial charge in [-0.3, -0.25) is 0 Å². The summed E-state index contributed by atoms with van der Waals surface area (Å²) < 4.78 is 0. The van der Waals surface area contributed by atoms with Crippen LogP contribution >= 0.6 is 0 Å². The van der Waals surface area contributed by atoms with Crippen LogP contribution < -0.4 is 10.2 Å². The van der Waals surface area contributed by atoms with Crippen LogP contribution in [0.5, 0.6) is 0 Å². The monoisotopic (exact) mass is 206 g/mol. The minimum Gasteiger partial charge on any atom is -0.375 e. The predicted octanol–water partition coefficient (Wildman–Crippen LogP) is 2.56. The molecule has 0 aromatic heterocycles. The Labute approximate surface area is 93.3 Å². The Morgan fingerprint density at radius 3 is 2.60 bits per heavy atom. The fraction of sp³-hybridized carbons (Fsp3) is 0.538. The molecule has 0 spiro atoms. The molecule has 0 fully saturated rings. The molecule has 0 amide bonds. The molecule has 0 heterocycles. The van der Waals surface area contributed by atoms with Gasteiger partial charge in [0, 0.05) is 25.8 Å². The zero-order chi connectivity index (χ0) is 11.3. The number of nitrogens with one attached hydrogen (secondary N) is 1. The van der Waals surface area contributed by atoms with Crippen molar-refractivity contribution in [3.63, 3.8) is 0 Å². The minimum atomic E-state index is 0.966. The van der Waals surface area contributed by atoms with Crippen molar-refractivity contribution in [1.29, 1.82) is 0 Å². The fourth-order valence-corrected chi connectivity index (χ4v) is 1.70. The molecule has 0 saturated heterocycles. The summed E-state index contributed by atoms with van der Waals surface area (Å²) in [5.74, 6) is 0. The van der Waals surface area contributed by atoms with Crippen molar-refractivity contribution in [3.8, 4) is 0 Å². The van der Waals surface area contributed by atoms with Crippen LogP contribution in [0.2, 0.25) is 0 Å². The summed E-state index contributed by atoms with van der Waals surface area (Å²) in [5.41, 5.74) is 4.13. The van der Waals surface area contributed by atoms with E-state index in [0.29, 0.717) is 0 Å². The quantitative estimate of drug-likeness (QED) is 0.796. The first-order valence-electron chi connectivity index (χ1n) is 5.71. The molecule has 1 aromatic rings. The summed E-state index contributed by atoms with van der Waals surface area (Å²) in [6, 6.07) is 6.53. The fourth-order valence-electron chi connectivity index (χ4n) is 1.70. The Balaban J connectivity index is 2.90. The Hall–Kier alpha value is -1.02. The molecule has 0 unspecified atom stereocenters. The first-order chi connectivity index (χ1) is 7.20. The Kier molecular flexibility index (Phi) is 4.63. The van der Waals surface area contributed by atoms with Crippen molar-refractivity contribution in [1.82, 2.24) is 5.32 Å². The average Bonchev–Trinajstić information content (AvgIpc) is 2.27. The van der Waals surface area contributed by atoms with E-state index in [1.54, 1.807) is 0 Å². The highest BCUT2D eigenvalue weighted by atomic mass is 15.1. The first kappa shape index (κ1) is 12.1. The predicted molar refractivity (Wildman–Crippen MR) is 67.5 cm³/mol. The number of anilines is 1. The lowest BCUT2D eigenvalue weighted by atomic mass is 10.1. The van der Waals surface area contributed by atoms with E-state index in [4.69, 9.17) is 0 Å². The van der Waals surface area contributed by atoms with Crippen LogP contribution in [-0.2, 0) is 6.54 Å². The Bertz CT molecular complexity index is 307. The van der Waals surface area contributed by atoms with E-state index in [1.807, 2.05) is 0 Å². The number of rotatable bonds is 5. The van der Waals surface area contributed by atoms with Crippen LogP contribution in [0.1, 0.15) is 25.0 Å². The SMILES string of the molecule is CCNCc1cccc(N(C)CC)c1C. The molecule has 0 aliphatic carbocycles. The van der Waals surface area contributed by atoms with Crippen LogP contribution in [0.4, 0.5) is 5.69 Å². The third-order valence-corrected chi connectivity index (χ3v) is 2.87. The third-order valence-electron chi connectivity index (χ3n) is 2.87. The van der Waals surface area contributed by atoms with Gasteiger partial charge in [-0.15, -0.1) is 0 Å². The summed E-state index contributed by atoms with van der Waals surface area (Å²) in [6.45, 7) is 9.55. The lowest BCUT2D eigenvalue weighted by Gasteiger charge is -2.21. The highest BCUT2D eigenvalue weighted by molar-refractivity contribution is 5.55. The molecule has 0 saturated carbocycles. The van der Waals surface area contributed by atoms with E-state index in [9.17, 15) is 0 Å². The summed E-state index contributed by atoms with van der Waals surface area (Å²) in [6.07, 6.45) is 0. The molecule has 1 N–H and O–H groups in total. The van der Waals surface area contributed by atoms with Gasteiger partial charge in [0.15, 0.2) is 0 Å². The van der Waals surface area contributed by atoms with Crippen LogP contribution in [0.15, 0.2) is 18.2 Å². The summed E-state index contributed by atoms with van der Waals surface area (Å²) >= 11 is 0. The standard InChI is InChI=1S/C13H22N2/c1-5-14-10-12-8-7-9-13(11(12)3)15(4)6-2/h7-9,14H,5-6,10H2,1-4H3. The molecule has 2 heteroatoms. The number of hydrogen-bond donors (Lipinski definition) is 1. The maximum absolute atomic E-state index is 3.37. The number of benzene rings is 1. The van der Waals surface area contributed by atoms with Crippen LogP contribution in [0.25, 0.3) is 0 Å². The summed E-state index contributed by atoms with van der Waals surface area (Å²) in [5, 5.41) is 3.37. The van der Waals surface area contributed by atoms with Gasteiger partial charge in [0.05, 0.1) is 0 Å². The smallest absolute Gasteiger partial charge is 0.0396 e. The van der Waals surface area contributed by atoms with Crippen molar-refractivity contribution < 1.29 is 0 Å². The Morgan fingerprint density at radius 2 is 2.00 bits per heavy atom. The molecule has 0 aliphatic heterocycles. The van der Waals surface area contributed by atoms with E-state index < -0.39 is 0 Å². The van der Waals surface area contributed by atoms with Gasteiger partial charge < -0.3 is 10.2 Å². The van der Waals surface area contributed by atoms with Crippen molar-refractivity contribution >= 4 is 5.69 Å². The van der Waals surface area contributed by atoms with Crippen LogP contribution in [0.3, 0.4) is 0 Å². The van der Waals surface area contributed by atoms with Gasteiger partial charge in [-0.1, -0.05) is 19.1 Å². The lowest BCUT2D eigenvalue weighted by Crippen LogP contribution is -2.19. The zero-order valence-corrected chi connectivity index (χ0v) is 10.3. The molecule has 84 valence electrons. The van der Waals surface area contributed by atoms with E-state index in [2.05, 4.69) is 56.2 Å². The number of nitrogens with zero attached hydrogens (tertiary/aromatic N) is 1. The van der Waals surface area contributed by atoms with Gasteiger partial charge in [-0.2, -0.15) is 0 Å². The molecule has 1 aromatic carbocycles. The zero-order valence-electron chi connectivity index (χ0n) is 10.3. The lowest BCUT2D eigenvalue weighted by molar-refractivity contribution is 0.723. The maximum Gasteiger partial charge on any atom is 0.0396 e. The molecule has 0 bridgehead atoms. The van der Waals surface area contributed by atoms with Crippen molar-refractivity contribution in [3.05, 3.63) is 29.3 Å². The average molecular weight is 206 g/mol. The van der Waals surface area contributed by atoms with E-state index >= 15 is 0 Å². The van der Waals surface area contributed by atoms with Gasteiger partial charge in [0.25, 0.3) is 0 Å². The number of hydrogen-bond acceptors (Lipinski definition) is 2. The molecule has 0 radical (unpaired) electrons. The molecular weight excluding hydrogens is 184 g/mol. The maximum atomic E-state index is 3.37. The largest absolute Gasteiger partial charge is 0.375 e. The van der Waals surface area contributed by atoms with Gasteiger partial charge in [0.1, 0.15) is 0 Å². The van der Waals surface area contributed by atoms with E-state index in [-0.39, 0.29) is 0 Å². The second kappa shape index (κ2) is 5.76. The van der Waals surface area contributed by atoms with Gasteiger partial charge in [-0.05, 0) is 37.6 Å². The van der Waals surface area contributed by atoms with Crippen molar-refractivity contribution in [2.24, 2.45) is 0 Å². The normalized spacial score (nSPS) is 10.4. The minimum absolute atomic E-state index is 0.966. The van der Waals surface area contributed by atoms with Crippen molar-refractivity contribution in [2.45, 2.75) is 27.3 Å². The van der Waals surface area contributed by atoms with E-state index in [0.717, 1.165) is 19.6 Å². The molecular formula is C13H22N2. The second-order valence-corrected chi connectivity index (χ2v) is 3.86. The molecule has 1 rings (SSSR count). The summed E-state index contributed by atoms with van der Waals surface area (Å²) in [7, 11) is 2.14. The molecule has 2 nitrogen and oxygen atoms in total. The summed E-state index contributed by atoms with van der Waals surface area (Å²) in [4.78, 5) is 2.28. The molecule has 15 heavy (non-hydrogen) atoms. The van der Waals surface area contributed by atoms with Crippen LogP contribution in [0, 0.1) is 6.92 Å².